The lowest BCUT2D eigenvalue weighted by Gasteiger charge is -2.27. The second kappa shape index (κ2) is 8.85. The van der Waals surface area contributed by atoms with Crippen molar-refractivity contribution < 1.29 is 10.2 Å². The maximum Gasteiger partial charge on any atom is 0.131 e. The van der Waals surface area contributed by atoms with Gasteiger partial charge in [0.15, 0.2) is 0 Å². The third-order valence-corrected chi connectivity index (χ3v) is 6.35. The van der Waals surface area contributed by atoms with Crippen LogP contribution in [0.5, 0.6) is 5.75 Å². The molecule has 3 rings (SSSR count). The maximum atomic E-state index is 11.0. The quantitative estimate of drug-likeness (QED) is 0.444. The average molecular weight is 393 g/mol. The summed E-state index contributed by atoms with van der Waals surface area (Å²) in [4.78, 5) is 1.09. The molecule has 0 bridgehead atoms. The van der Waals surface area contributed by atoms with Crippen LogP contribution in [0.2, 0.25) is 0 Å². The van der Waals surface area contributed by atoms with Gasteiger partial charge in [0, 0.05) is 21.8 Å². The summed E-state index contributed by atoms with van der Waals surface area (Å²) in [6.07, 6.45) is 0.720. The third-order valence-electron chi connectivity index (χ3n) is 5.37. The van der Waals surface area contributed by atoms with Gasteiger partial charge in [-0.2, -0.15) is 0 Å². The largest absolute Gasteiger partial charge is 0.507 e. The number of aromatic hydroxyl groups is 1. The van der Waals surface area contributed by atoms with Gasteiger partial charge in [-0.3, -0.25) is 0 Å². The lowest BCUT2D eigenvalue weighted by molar-refractivity contribution is 0.0111. The number of benzene rings is 3. The summed E-state index contributed by atoms with van der Waals surface area (Å²) in [5.74, 6) is 1.34. The molecule has 3 aromatic carbocycles. The fourth-order valence-corrected chi connectivity index (χ4v) is 4.18. The van der Waals surface area contributed by atoms with Crippen molar-refractivity contribution in [1.82, 2.24) is 0 Å². The van der Waals surface area contributed by atoms with Crippen molar-refractivity contribution in [1.29, 1.82) is 0 Å². The monoisotopic (exact) mass is 392 g/mol. The summed E-state index contributed by atoms with van der Waals surface area (Å²) >= 11 is 1.72. The normalized spacial score (nSPS) is 13.5. The average Bonchev–Trinajstić information content (AvgIpc) is 2.70. The summed E-state index contributed by atoms with van der Waals surface area (Å²) in [6.45, 7) is 6.00. The van der Waals surface area contributed by atoms with Gasteiger partial charge in [0.2, 0.25) is 0 Å². The Morgan fingerprint density at radius 3 is 1.75 bits per heavy atom. The lowest BCUT2D eigenvalue weighted by atomic mass is 9.90. The Kier molecular flexibility index (Phi) is 6.48. The Bertz CT molecular complexity index is 842. The molecule has 146 valence electrons. The molecule has 3 heteroatoms. The zero-order chi connectivity index (χ0) is 20.1. The number of rotatable bonds is 7. The van der Waals surface area contributed by atoms with Gasteiger partial charge < -0.3 is 10.2 Å². The van der Waals surface area contributed by atoms with Gasteiger partial charge in [-0.05, 0) is 42.5 Å². The second-order valence-electron chi connectivity index (χ2n) is 7.71. The second-order valence-corrected chi connectivity index (χ2v) is 8.88. The van der Waals surface area contributed by atoms with E-state index in [1.54, 1.807) is 11.8 Å². The molecule has 2 N–H and O–H groups in total. The summed E-state index contributed by atoms with van der Waals surface area (Å²) in [6, 6.07) is 24.0. The van der Waals surface area contributed by atoms with Crippen LogP contribution in [0.1, 0.15) is 27.2 Å². The van der Waals surface area contributed by atoms with Crippen LogP contribution in [0, 0.1) is 5.92 Å². The molecule has 3 aromatic rings. The van der Waals surface area contributed by atoms with Crippen molar-refractivity contribution in [2.45, 2.75) is 37.7 Å². The van der Waals surface area contributed by atoms with Crippen LogP contribution in [-0.4, -0.2) is 21.6 Å². The first-order valence-corrected chi connectivity index (χ1v) is 10.7. The minimum Gasteiger partial charge on any atom is -0.507 e. The smallest absolute Gasteiger partial charge is 0.131 e. The van der Waals surface area contributed by atoms with E-state index in [2.05, 4.69) is 0 Å². The number of hydrogen-bond donors (Lipinski definition) is 2. The SMILES string of the molecule is CC(C)C(C)(O)CCSc1cc(-c2ccccc2)c(O)c(-c2ccccc2)c1. The van der Waals surface area contributed by atoms with Crippen molar-refractivity contribution in [3.8, 4) is 28.0 Å². The molecule has 0 saturated carbocycles. The van der Waals surface area contributed by atoms with Crippen molar-refractivity contribution >= 4 is 11.8 Å². The molecule has 2 nitrogen and oxygen atoms in total. The fraction of sp³-hybridized carbons (Fsp3) is 0.280. The van der Waals surface area contributed by atoms with Crippen LogP contribution >= 0.6 is 11.8 Å². The minimum absolute atomic E-state index is 0.215. The van der Waals surface area contributed by atoms with Gasteiger partial charge in [0.25, 0.3) is 0 Å². The van der Waals surface area contributed by atoms with Crippen molar-refractivity contribution in [2.24, 2.45) is 5.92 Å². The number of phenols is 1. The molecular formula is C25H28O2S. The molecule has 0 aliphatic rings. The molecule has 0 aliphatic heterocycles. The molecule has 0 radical (unpaired) electrons. The molecule has 1 unspecified atom stereocenters. The molecule has 0 aromatic heterocycles. The highest BCUT2D eigenvalue weighted by molar-refractivity contribution is 7.99. The van der Waals surface area contributed by atoms with E-state index >= 15 is 0 Å². The van der Waals surface area contributed by atoms with Crippen LogP contribution in [0.4, 0.5) is 0 Å². The summed E-state index contributed by atoms with van der Waals surface area (Å²) in [5.41, 5.74) is 2.98. The summed E-state index contributed by atoms with van der Waals surface area (Å²) < 4.78 is 0. The van der Waals surface area contributed by atoms with E-state index in [-0.39, 0.29) is 5.92 Å². The van der Waals surface area contributed by atoms with Gasteiger partial charge in [-0.15, -0.1) is 11.8 Å². The molecular weight excluding hydrogens is 364 g/mol. The van der Waals surface area contributed by atoms with E-state index in [9.17, 15) is 10.2 Å². The highest BCUT2D eigenvalue weighted by atomic mass is 32.2. The van der Waals surface area contributed by atoms with Crippen LogP contribution in [-0.2, 0) is 0 Å². The Hall–Kier alpha value is -2.23. The molecule has 0 spiro atoms. The Balaban J connectivity index is 1.96. The van der Waals surface area contributed by atoms with Crippen LogP contribution < -0.4 is 0 Å². The molecule has 0 fully saturated rings. The van der Waals surface area contributed by atoms with E-state index in [1.165, 1.54) is 0 Å². The lowest BCUT2D eigenvalue weighted by Crippen LogP contribution is -2.31. The predicted octanol–water partition coefficient (Wildman–Crippen LogP) is 6.62. The summed E-state index contributed by atoms with van der Waals surface area (Å²) in [7, 11) is 0. The van der Waals surface area contributed by atoms with Gasteiger partial charge >= 0.3 is 0 Å². The number of aliphatic hydroxyl groups is 1. The van der Waals surface area contributed by atoms with Crippen LogP contribution in [0.15, 0.2) is 77.7 Å². The molecule has 0 amide bonds. The van der Waals surface area contributed by atoms with E-state index in [0.29, 0.717) is 5.75 Å². The topological polar surface area (TPSA) is 40.5 Å². The van der Waals surface area contributed by atoms with E-state index in [4.69, 9.17) is 0 Å². The molecule has 0 heterocycles. The number of phenolic OH excluding ortho intramolecular Hbond substituents is 1. The molecule has 28 heavy (non-hydrogen) atoms. The summed E-state index contributed by atoms with van der Waals surface area (Å²) in [5, 5.41) is 21.5. The Morgan fingerprint density at radius 2 is 1.32 bits per heavy atom. The molecule has 0 aliphatic carbocycles. The van der Waals surface area contributed by atoms with Gasteiger partial charge in [0.05, 0.1) is 5.60 Å². The van der Waals surface area contributed by atoms with E-state index in [1.807, 2.05) is 93.6 Å². The van der Waals surface area contributed by atoms with E-state index < -0.39 is 5.60 Å². The minimum atomic E-state index is -0.672. The maximum absolute atomic E-state index is 11.0. The first-order chi connectivity index (χ1) is 13.4. The first-order valence-electron chi connectivity index (χ1n) is 9.71. The van der Waals surface area contributed by atoms with Crippen LogP contribution in [0.25, 0.3) is 22.3 Å². The van der Waals surface area contributed by atoms with Crippen molar-refractivity contribution in [3.63, 3.8) is 0 Å². The molecule has 0 saturated heterocycles. The predicted molar refractivity (Wildman–Crippen MR) is 120 cm³/mol. The van der Waals surface area contributed by atoms with Gasteiger partial charge in [0.1, 0.15) is 5.75 Å². The van der Waals surface area contributed by atoms with Crippen molar-refractivity contribution in [2.75, 3.05) is 5.75 Å². The van der Waals surface area contributed by atoms with Gasteiger partial charge in [-0.25, -0.2) is 0 Å². The first kappa shape index (κ1) is 20.5. The zero-order valence-electron chi connectivity index (χ0n) is 16.7. The van der Waals surface area contributed by atoms with E-state index in [0.717, 1.165) is 39.3 Å². The van der Waals surface area contributed by atoms with Gasteiger partial charge in [-0.1, -0.05) is 74.5 Å². The Labute approximate surface area is 172 Å². The van der Waals surface area contributed by atoms with Crippen molar-refractivity contribution in [3.05, 3.63) is 72.8 Å². The Morgan fingerprint density at radius 1 is 0.857 bits per heavy atom. The third kappa shape index (κ3) is 4.78. The molecule has 1 atom stereocenters. The standard InChI is InChI=1S/C25H28O2S/c1-18(2)25(3,27)14-15-28-21-16-22(19-10-6-4-7-11-19)24(26)23(17-21)20-12-8-5-9-13-20/h4-13,16-18,26-27H,14-15H2,1-3H3. The highest BCUT2D eigenvalue weighted by Gasteiger charge is 2.24. The fourth-order valence-electron chi connectivity index (χ4n) is 3.03. The van der Waals surface area contributed by atoms with Crippen LogP contribution in [0.3, 0.4) is 0 Å². The highest BCUT2D eigenvalue weighted by Crippen LogP contribution is 2.41. The number of thioether (sulfide) groups is 1. The zero-order valence-corrected chi connectivity index (χ0v) is 17.5. The number of hydrogen-bond acceptors (Lipinski definition) is 3.